The Hall–Kier alpha value is -3.07. The molecule has 0 atom stereocenters. The first kappa shape index (κ1) is 31.5. The summed E-state index contributed by atoms with van der Waals surface area (Å²) in [5.41, 5.74) is 0.353. The molecule has 0 aliphatic rings. The van der Waals surface area contributed by atoms with Gasteiger partial charge in [-0.15, -0.1) is 0 Å². The number of carbonyl (C=O) groups excluding carboxylic acids is 1. The van der Waals surface area contributed by atoms with Gasteiger partial charge in [0.1, 0.15) is 20.9 Å². The van der Waals surface area contributed by atoms with E-state index in [9.17, 15) is 4.79 Å². The Morgan fingerprint density at radius 3 is 1.55 bits per heavy atom. The summed E-state index contributed by atoms with van der Waals surface area (Å²) >= 11 is 1.53. The third kappa shape index (κ3) is 8.71. The van der Waals surface area contributed by atoms with Crippen LogP contribution in [0.25, 0.3) is 0 Å². The van der Waals surface area contributed by atoms with Crippen LogP contribution in [0.15, 0.2) is 131 Å². The van der Waals surface area contributed by atoms with Crippen molar-refractivity contribution in [1.29, 1.82) is 0 Å². The molecule has 3 aromatic carbocycles. The van der Waals surface area contributed by atoms with E-state index in [0.717, 1.165) is 10.5 Å². The molecule has 1 amide bonds. The predicted molar refractivity (Wildman–Crippen MR) is 153 cm³/mol. The van der Waals surface area contributed by atoms with Crippen LogP contribution in [-0.4, -0.2) is 15.6 Å². The van der Waals surface area contributed by atoms with Crippen molar-refractivity contribution in [3.05, 3.63) is 126 Å². The van der Waals surface area contributed by atoms with E-state index in [2.05, 4.69) is 88.5 Å². The number of rotatable bonds is 7. The van der Waals surface area contributed by atoms with Gasteiger partial charge in [0.05, 0.1) is 14.9 Å². The molecular formula is C30H31ClN2O5PS+. The van der Waals surface area contributed by atoms with Gasteiger partial charge in [0.15, 0.2) is 12.7 Å². The monoisotopic (exact) mass is 597 g/mol. The average Bonchev–Trinajstić information content (AvgIpc) is 2.93. The fourth-order valence-electron chi connectivity index (χ4n) is 3.85. The predicted octanol–water partition coefficient (Wildman–Crippen LogP) is 2.00. The van der Waals surface area contributed by atoms with Crippen molar-refractivity contribution in [2.24, 2.45) is 5.41 Å². The van der Waals surface area contributed by atoms with Crippen molar-refractivity contribution >= 4 is 40.8 Å². The first-order valence-corrected chi connectivity index (χ1v) is 16.1. The van der Waals surface area contributed by atoms with Crippen LogP contribution in [0.4, 0.5) is 0 Å². The fraction of sp³-hybridized carbons (Fsp3) is 0.133. The van der Waals surface area contributed by atoms with Crippen molar-refractivity contribution < 1.29 is 33.7 Å². The molecule has 4 aromatic rings. The maximum Gasteiger partial charge on any atom is 0.232 e. The maximum absolute atomic E-state index is 13.5. The quantitative estimate of drug-likeness (QED) is 0.246. The zero-order chi connectivity index (χ0) is 29.2. The molecule has 0 spiro atoms. The number of carbonyl (C=O) groups is 1. The van der Waals surface area contributed by atoms with Crippen LogP contribution >= 0.6 is 19.0 Å². The maximum atomic E-state index is 13.5. The summed E-state index contributed by atoms with van der Waals surface area (Å²) in [6, 6.07) is 37.5. The molecule has 0 aliphatic heterocycles. The molecule has 0 unspecified atom stereocenters. The molecule has 7 nitrogen and oxygen atoms in total. The van der Waals surface area contributed by atoms with Gasteiger partial charge in [-0.3, -0.25) is 10.1 Å². The van der Waals surface area contributed by atoms with E-state index < -0.39 is 22.9 Å². The van der Waals surface area contributed by atoms with Crippen LogP contribution in [0.5, 0.6) is 0 Å². The number of nitrogens with zero attached hydrogens (tertiary/aromatic N) is 1. The highest BCUT2D eigenvalue weighted by Gasteiger charge is 2.51. The molecule has 1 heterocycles. The van der Waals surface area contributed by atoms with Crippen molar-refractivity contribution in [2.75, 3.05) is 0 Å². The lowest BCUT2D eigenvalue weighted by atomic mass is 9.96. The summed E-state index contributed by atoms with van der Waals surface area (Å²) in [6.45, 7) is 5.83. The second-order valence-electron chi connectivity index (χ2n) is 9.57. The second kappa shape index (κ2) is 14.0. The molecule has 0 aliphatic carbocycles. The van der Waals surface area contributed by atoms with E-state index in [-0.39, 0.29) is 5.91 Å². The first-order chi connectivity index (χ1) is 18.9. The summed E-state index contributed by atoms with van der Waals surface area (Å²) < 4.78 is 32.7. The van der Waals surface area contributed by atoms with Crippen LogP contribution in [0.1, 0.15) is 20.8 Å². The minimum absolute atomic E-state index is 0.0162. The summed E-state index contributed by atoms with van der Waals surface area (Å²) in [4.78, 5) is 18.0. The Kier molecular flexibility index (Phi) is 11.0. The molecule has 0 fully saturated rings. The molecular weight excluding hydrogens is 567 g/mol. The number of nitrogens with one attached hydrogen (secondary N) is 1. The van der Waals surface area contributed by atoms with Crippen molar-refractivity contribution in [3.63, 3.8) is 0 Å². The van der Waals surface area contributed by atoms with Gasteiger partial charge in [-0.2, -0.15) is 14.0 Å². The minimum atomic E-state index is -4.69. The summed E-state index contributed by atoms with van der Waals surface area (Å²) in [7, 11) is -7.14. The highest BCUT2D eigenvalue weighted by Crippen LogP contribution is 2.62. The number of hydrogen-bond acceptors (Lipinski definition) is 7. The zero-order valence-corrected chi connectivity index (χ0v) is 24.8. The standard InChI is InChI=1S/C30H29N2OPS.ClHO4/c1-30(2,3)29(33)32-27(23-35-28-21-13-14-22-31-28)34(24-15-7-4-8-16-24,25-17-9-5-10-18-25)26-19-11-6-12-20-26;2-1(3,4)5/h4-23H,1-3H3;(H,2,3,4,5)/p+1/b27-23+;. The topological polar surface area (TPSA) is 131 Å². The van der Waals surface area contributed by atoms with E-state index in [0.29, 0.717) is 0 Å². The lowest BCUT2D eigenvalue weighted by Crippen LogP contribution is -2.58. The number of hydrogen-bond donors (Lipinski definition) is 2. The Balaban J connectivity index is 0.000000810. The van der Waals surface area contributed by atoms with Gasteiger partial charge in [0.25, 0.3) is 0 Å². The van der Waals surface area contributed by atoms with Gasteiger partial charge < -0.3 is 0 Å². The molecule has 0 bridgehead atoms. The first-order valence-electron chi connectivity index (χ1n) is 12.2. The third-order valence-electron chi connectivity index (χ3n) is 5.64. The minimum Gasteiger partial charge on any atom is -0.295 e. The van der Waals surface area contributed by atoms with Gasteiger partial charge in [-0.05, 0) is 48.5 Å². The van der Waals surface area contributed by atoms with Crippen molar-refractivity contribution in [3.8, 4) is 0 Å². The third-order valence-corrected chi connectivity index (χ3v) is 10.8. The van der Waals surface area contributed by atoms with Crippen LogP contribution in [0.2, 0.25) is 0 Å². The highest BCUT2D eigenvalue weighted by molar-refractivity contribution is 8.04. The smallest absolute Gasteiger partial charge is 0.232 e. The number of benzene rings is 3. The molecule has 4 rings (SSSR count). The molecule has 1 aromatic heterocycles. The summed E-state index contributed by atoms with van der Waals surface area (Å²) in [5.74, 6) is -0.0162. The van der Waals surface area contributed by atoms with E-state index in [1.54, 1.807) is 6.20 Å². The summed E-state index contributed by atoms with van der Waals surface area (Å²) in [5, 5.41) is 9.89. The molecule has 10 heteroatoms. The lowest BCUT2D eigenvalue weighted by molar-refractivity contribution is -1.92. The van der Waals surface area contributed by atoms with Gasteiger partial charge >= 0.3 is 0 Å². The Morgan fingerprint density at radius 1 is 0.800 bits per heavy atom. The zero-order valence-electron chi connectivity index (χ0n) is 22.3. The van der Waals surface area contributed by atoms with Gasteiger partial charge in [-0.25, -0.2) is 4.98 Å². The van der Waals surface area contributed by atoms with Crippen LogP contribution in [-0.2, 0) is 4.79 Å². The van der Waals surface area contributed by atoms with E-state index in [4.69, 9.17) is 18.6 Å². The molecule has 0 saturated heterocycles. The lowest BCUT2D eigenvalue weighted by Gasteiger charge is -2.30. The number of aromatic nitrogens is 1. The van der Waals surface area contributed by atoms with Crippen LogP contribution in [0.3, 0.4) is 0 Å². The number of halogens is 1. The Bertz CT molecular complexity index is 1280. The van der Waals surface area contributed by atoms with Crippen LogP contribution in [0, 0.1) is 15.7 Å². The molecule has 0 radical (unpaired) electrons. The Labute approximate surface area is 241 Å². The largest absolute Gasteiger partial charge is 0.295 e. The average molecular weight is 598 g/mol. The Morgan fingerprint density at radius 2 is 1.20 bits per heavy atom. The normalized spacial score (nSPS) is 12.2. The van der Waals surface area contributed by atoms with E-state index >= 15 is 0 Å². The number of amides is 1. The van der Waals surface area contributed by atoms with Gasteiger partial charge in [-0.1, -0.05) is 93.2 Å². The van der Waals surface area contributed by atoms with Gasteiger partial charge in [0.2, 0.25) is 5.91 Å². The SMILES string of the molecule is CC(C)(C)C(=O)N/C(=C\Sc1ccccn1)[P+](c1ccccc1)(c1ccccc1)c1ccccc1.[O-][Cl+3]([O-])([O-])O. The number of pyridine rings is 1. The number of thioether (sulfide) groups is 1. The van der Waals surface area contributed by atoms with Crippen LogP contribution < -0.4 is 35.2 Å². The second-order valence-corrected chi connectivity index (χ2v) is 14.6. The molecule has 0 saturated carbocycles. The summed E-state index contributed by atoms with van der Waals surface area (Å²) in [6.07, 6.45) is 1.79. The van der Waals surface area contributed by atoms with E-state index in [1.807, 2.05) is 57.2 Å². The molecule has 40 heavy (non-hydrogen) atoms. The fourth-order valence-corrected chi connectivity index (χ4v) is 9.07. The highest BCUT2D eigenvalue weighted by atomic mass is 35.7. The van der Waals surface area contributed by atoms with E-state index in [1.165, 1.54) is 27.7 Å². The van der Waals surface area contributed by atoms with Crippen molar-refractivity contribution in [2.45, 2.75) is 25.8 Å². The van der Waals surface area contributed by atoms with Gasteiger partial charge in [0, 0.05) is 17.0 Å². The van der Waals surface area contributed by atoms with Crippen molar-refractivity contribution in [1.82, 2.24) is 10.3 Å². The molecule has 208 valence electrons. The molecule has 2 N–H and O–H groups in total.